The molecule has 2 heterocycles. The van der Waals surface area contributed by atoms with E-state index in [1.165, 1.54) is 21.9 Å². The smallest absolute Gasteiger partial charge is 0.164 e. The van der Waals surface area contributed by atoms with Crippen molar-refractivity contribution in [3.8, 4) is 45.3 Å². The molecule has 0 saturated heterocycles. The summed E-state index contributed by atoms with van der Waals surface area (Å²) in [7, 11) is 0. The number of aromatic nitrogens is 3. The van der Waals surface area contributed by atoms with E-state index in [0.717, 1.165) is 49.4 Å². The van der Waals surface area contributed by atoms with Crippen molar-refractivity contribution in [3.63, 3.8) is 0 Å². The second-order valence-electron chi connectivity index (χ2n) is 11.3. The largest absolute Gasteiger partial charge is 0.455 e. The molecule has 45 heavy (non-hydrogen) atoms. The zero-order valence-electron chi connectivity index (χ0n) is 24.2. The van der Waals surface area contributed by atoms with Crippen molar-refractivity contribution in [2.75, 3.05) is 0 Å². The van der Waals surface area contributed by atoms with Gasteiger partial charge in [-0.3, -0.25) is 0 Å². The fraction of sp³-hybridized carbons (Fsp3) is 0. The molecule has 9 rings (SSSR count). The van der Waals surface area contributed by atoms with Crippen LogP contribution in [0.15, 0.2) is 156 Å². The van der Waals surface area contributed by atoms with Crippen LogP contribution in [0.2, 0.25) is 0 Å². The van der Waals surface area contributed by atoms with Crippen LogP contribution >= 0.6 is 0 Å². The Balaban J connectivity index is 1.24. The molecule has 2 aromatic heterocycles. The Morgan fingerprint density at radius 1 is 0.356 bits per heavy atom. The van der Waals surface area contributed by atoms with Crippen molar-refractivity contribution in [1.82, 2.24) is 15.0 Å². The van der Waals surface area contributed by atoms with E-state index < -0.39 is 0 Å². The van der Waals surface area contributed by atoms with Gasteiger partial charge in [-0.25, -0.2) is 15.0 Å². The monoisotopic (exact) mass is 575 g/mol. The van der Waals surface area contributed by atoms with Crippen LogP contribution in [-0.2, 0) is 0 Å². The van der Waals surface area contributed by atoms with E-state index in [1.54, 1.807) is 0 Å². The van der Waals surface area contributed by atoms with Crippen LogP contribution in [0, 0.1) is 0 Å². The molecule has 0 bridgehead atoms. The van der Waals surface area contributed by atoms with Crippen molar-refractivity contribution >= 4 is 43.5 Å². The summed E-state index contributed by atoms with van der Waals surface area (Å²) in [6.07, 6.45) is 0. The van der Waals surface area contributed by atoms with Crippen molar-refractivity contribution in [2.24, 2.45) is 0 Å². The summed E-state index contributed by atoms with van der Waals surface area (Å²) in [6, 6.07) is 52.3. The minimum atomic E-state index is 0.603. The van der Waals surface area contributed by atoms with E-state index in [2.05, 4.69) is 91.0 Å². The molecule has 0 aliphatic rings. The van der Waals surface area contributed by atoms with E-state index in [1.807, 2.05) is 60.7 Å². The van der Waals surface area contributed by atoms with Gasteiger partial charge in [0.1, 0.15) is 11.2 Å². The van der Waals surface area contributed by atoms with Gasteiger partial charge in [0.05, 0.1) is 0 Å². The number of nitrogens with zero attached hydrogens (tertiary/aromatic N) is 3. The van der Waals surface area contributed by atoms with E-state index >= 15 is 0 Å². The van der Waals surface area contributed by atoms with Gasteiger partial charge in [0.25, 0.3) is 0 Å². The lowest BCUT2D eigenvalue weighted by Gasteiger charge is -2.09. The van der Waals surface area contributed by atoms with Crippen LogP contribution in [-0.4, -0.2) is 15.0 Å². The van der Waals surface area contributed by atoms with Gasteiger partial charge in [0.2, 0.25) is 0 Å². The first-order valence-corrected chi connectivity index (χ1v) is 15.0. The lowest BCUT2D eigenvalue weighted by atomic mass is 9.94. The minimum absolute atomic E-state index is 0.603. The summed E-state index contributed by atoms with van der Waals surface area (Å²) >= 11 is 0. The zero-order chi connectivity index (χ0) is 29.7. The fourth-order valence-corrected chi connectivity index (χ4v) is 6.27. The van der Waals surface area contributed by atoms with Gasteiger partial charge in [-0.05, 0) is 51.6 Å². The van der Waals surface area contributed by atoms with Crippen LogP contribution in [0.5, 0.6) is 0 Å². The number of hydrogen-bond donors (Lipinski definition) is 0. The van der Waals surface area contributed by atoms with Gasteiger partial charge in [0.15, 0.2) is 17.5 Å². The van der Waals surface area contributed by atoms with Gasteiger partial charge >= 0.3 is 0 Å². The van der Waals surface area contributed by atoms with Gasteiger partial charge < -0.3 is 4.42 Å². The fourth-order valence-electron chi connectivity index (χ4n) is 6.27. The Kier molecular flexibility index (Phi) is 5.78. The molecule has 0 spiro atoms. The number of rotatable bonds is 4. The second-order valence-corrected chi connectivity index (χ2v) is 11.3. The summed E-state index contributed by atoms with van der Waals surface area (Å²) in [5.41, 5.74) is 6.81. The first kappa shape index (κ1) is 25.4. The van der Waals surface area contributed by atoms with Gasteiger partial charge in [-0.1, -0.05) is 127 Å². The summed E-state index contributed by atoms with van der Waals surface area (Å²) < 4.78 is 6.65. The molecule has 4 heteroatoms. The molecule has 0 N–H and O–H groups in total. The lowest BCUT2D eigenvalue weighted by molar-refractivity contribution is 0.673. The molecular weight excluding hydrogens is 550 g/mol. The van der Waals surface area contributed by atoms with Crippen LogP contribution in [0.25, 0.3) is 88.8 Å². The topological polar surface area (TPSA) is 51.8 Å². The number of hydrogen-bond acceptors (Lipinski definition) is 4. The molecule has 210 valence electrons. The molecule has 0 unspecified atom stereocenters. The first-order valence-electron chi connectivity index (χ1n) is 15.0. The Labute approximate surface area is 259 Å². The predicted octanol–water partition coefficient (Wildman–Crippen LogP) is 10.7. The van der Waals surface area contributed by atoms with E-state index in [4.69, 9.17) is 19.4 Å². The Bertz CT molecular complexity index is 2480. The van der Waals surface area contributed by atoms with Crippen molar-refractivity contribution in [2.45, 2.75) is 0 Å². The lowest BCUT2D eigenvalue weighted by Crippen LogP contribution is -2.00. The van der Waals surface area contributed by atoms with Crippen molar-refractivity contribution in [3.05, 3.63) is 152 Å². The summed E-state index contributed by atoms with van der Waals surface area (Å²) in [4.78, 5) is 14.7. The maximum atomic E-state index is 6.65. The van der Waals surface area contributed by atoms with Crippen molar-refractivity contribution < 1.29 is 4.42 Å². The normalized spacial score (nSPS) is 11.6. The summed E-state index contributed by atoms with van der Waals surface area (Å²) in [5.74, 6) is 1.87. The highest BCUT2D eigenvalue weighted by molar-refractivity contribution is 6.19. The minimum Gasteiger partial charge on any atom is -0.455 e. The molecular formula is C41H25N3O. The molecule has 4 nitrogen and oxygen atoms in total. The molecule has 0 radical (unpaired) electrons. The third-order valence-electron chi connectivity index (χ3n) is 8.50. The third kappa shape index (κ3) is 4.35. The zero-order valence-corrected chi connectivity index (χ0v) is 24.2. The highest BCUT2D eigenvalue weighted by atomic mass is 16.3. The number of fused-ring (bicyclic) bond motifs is 6. The molecule has 0 fully saturated rings. The molecule has 0 amide bonds. The molecule has 0 saturated carbocycles. The van der Waals surface area contributed by atoms with Crippen LogP contribution in [0.3, 0.4) is 0 Å². The first-order chi connectivity index (χ1) is 22.3. The third-order valence-corrected chi connectivity index (χ3v) is 8.50. The van der Waals surface area contributed by atoms with E-state index in [-0.39, 0.29) is 0 Å². The van der Waals surface area contributed by atoms with Crippen molar-refractivity contribution in [1.29, 1.82) is 0 Å². The Hall–Kier alpha value is -6.13. The highest BCUT2D eigenvalue weighted by Gasteiger charge is 2.17. The van der Waals surface area contributed by atoms with Gasteiger partial charge in [0, 0.05) is 32.8 Å². The number of furan rings is 1. The molecule has 0 aliphatic heterocycles. The van der Waals surface area contributed by atoms with Crippen LogP contribution in [0.1, 0.15) is 0 Å². The second kappa shape index (κ2) is 10.2. The quantitative estimate of drug-likeness (QED) is 0.209. The molecule has 0 atom stereocenters. The molecule has 0 aliphatic carbocycles. The van der Waals surface area contributed by atoms with Crippen LogP contribution < -0.4 is 0 Å². The van der Waals surface area contributed by atoms with E-state index in [9.17, 15) is 0 Å². The maximum absolute atomic E-state index is 6.65. The van der Waals surface area contributed by atoms with Gasteiger partial charge in [-0.15, -0.1) is 0 Å². The average Bonchev–Trinajstić information content (AvgIpc) is 3.50. The standard InChI is InChI=1S/C41H25N3O/c1-3-12-27(13-4-1)39-42-40(28-14-5-2-6-15-28)44-41(43-39)31-21-22-33-36-25-35(30-20-19-26-11-7-8-16-29(26)23-30)32-17-9-10-18-34(32)38(36)45-37(33)24-31/h1-25H. The predicted molar refractivity (Wildman–Crippen MR) is 184 cm³/mol. The number of benzene rings is 7. The van der Waals surface area contributed by atoms with Crippen LogP contribution in [0.4, 0.5) is 0 Å². The maximum Gasteiger partial charge on any atom is 0.164 e. The van der Waals surface area contributed by atoms with Gasteiger partial charge in [-0.2, -0.15) is 0 Å². The summed E-state index contributed by atoms with van der Waals surface area (Å²) in [5, 5.41) is 6.86. The molecule has 7 aromatic carbocycles. The Morgan fingerprint density at radius 2 is 0.933 bits per heavy atom. The highest BCUT2D eigenvalue weighted by Crippen LogP contribution is 2.41. The van der Waals surface area contributed by atoms with E-state index in [0.29, 0.717) is 17.5 Å². The average molecular weight is 576 g/mol. The SMILES string of the molecule is c1ccc(-c2nc(-c3ccccc3)nc(-c3ccc4c(c3)oc3c5ccccc5c(-c5ccc6ccccc6c5)cc43)n2)cc1. The summed E-state index contributed by atoms with van der Waals surface area (Å²) in [6.45, 7) is 0. The Morgan fingerprint density at radius 3 is 1.64 bits per heavy atom. The molecule has 9 aromatic rings.